The smallest absolute Gasteiger partial charge is 0.134 e. The van der Waals surface area contributed by atoms with Crippen LogP contribution in [0.3, 0.4) is 0 Å². The molecule has 100 valence electrons. The molecule has 0 saturated carbocycles. The summed E-state index contributed by atoms with van der Waals surface area (Å²) in [4.78, 5) is 4.46. The first-order valence-electron chi connectivity index (χ1n) is 6.92. The summed E-state index contributed by atoms with van der Waals surface area (Å²) in [6, 6.07) is 11.9. The van der Waals surface area contributed by atoms with Gasteiger partial charge in [-0.1, -0.05) is 24.3 Å². The molecule has 1 aromatic carbocycles. The highest BCUT2D eigenvalue weighted by atomic mass is 16.3. The summed E-state index contributed by atoms with van der Waals surface area (Å²) in [5.41, 5.74) is 3.97. The number of aryl methyl sites for hydroxylation is 1. The Morgan fingerprint density at radius 1 is 1.20 bits per heavy atom. The van der Waals surface area contributed by atoms with Gasteiger partial charge in [0.05, 0.1) is 12.4 Å². The fourth-order valence-corrected chi connectivity index (χ4v) is 3.20. The van der Waals surface area contributed by atoms with Crippen molar-refractivity contribution < 1.29 is 9.52 Å². The van der Waals surface area contributed by atoms with Gasteiger partial charge in [0.25, 0.3) is 0 Å². The molecule has 2 heterocycles. The highest BCUT2D eigenvalue weighted by Crippen LogP contribution is 2.42. The Labute approximate surface area is 116 Å². The number of hydrogen-bond acceptors (Lipinski definition) is 3. The fraction of sp³-hybridized carbons (Fsp3) is 0.235. The van der Waals surface area contributed by atoms with E-state index in [0.717, 1.165) is 35.1 Å². The van der Waals surface area contributed by atoms with Crippen LogP contribution in [0, 0.1) is 0 Å². The third kappa shape index (κ3) is 1.67. The number of nitrogens with zero attached hydrogens (tertiary/aromatic N) is 1. The molecular formula is C17H15NO2. The molecule has 20 heavy (non-hydrogen) atoms. The van der Waals surface area contributed by atoms with Crippen molar-refractivity contribution in [2.45, 2.75) is 24.9 Å². The molecule has 1 N–H and O–H groups in total. The van der Waals surface area contributed by atoms with Crippen molar-refractivity contribution in [2.24, 2.45) is 0 Å². The number of furan rings is 1. The van der Waals surface area contributed by atoms with Crippen molar-refractivity contribution in [3.63, 3.8) is 0 Å². The summed E-state index contributed by atoms with van der Waals surface area (Å²) in [7, 11) is 0. The summed E-state index contributed by atoms with van der Waals surface area (Å²) in [6.07, 6.45) is 4.84. The Bertz CT molecular complexity index is 762. The Kier molecular flexibility index (Phi) is 2.60. The van der Waals surface area contributed by atoms with Gasteiger partial charge in [0.1, 0.15) is 5.58 Å². The number of rotatable bonds is 2. The molecule has 2 unspecified atom stereocenters. The van der Waals surface area contributed by atoms with Crippen LogP contribution in [0.4, 0.5) is 0 Å². The van der Waals surface area contributed by atoms with Gasteiger partial charge in [0.2, 0.25) is 0 Å². The molecule has 3 aromatic rings. The van der Waals surface area contributed by atoms with Crippen LogP contribution in [-0.2, 0) is 6.42 Å². The lowest BCUT2D eigenvalue weighted by Crippen LogP contribution is -2.08. The van der Waals surface area contributed by atoms with E-state index in [1.807, 2.05) is 30.3 Å². The van der Waals surface area contributed by atoms with Crippen molar-refractivity contribution in [3.8, 4) is 0 Å². The Morgan fingerprint density at radius 3 is 3.05 bits per heavy atom. The molecule has 2 atom stereocenters. The van der Waals surface area contributed by atoms with E-state index in [0.29, 0.717) is 0 Å². The second-order valence-corrected chi connectivity index (χ2v) is 5.32. The maximum absolute atomic E-state index is 10.8. The molecule has 3 nitrogen and oxygen atoms in total. The van der Waals surface area contributed by atoms with Crippen LogP contribution in [0.2, 0.25) is 0 Å². The van der Waals surface area contributed by atoms with E-state index in [-0.39, 0.29) is 5.92 Å². The highest BCUT2D eigenvalue weighted by Gasteiger charge is 2.32. The third-order valence-corrected chi connectivity index (χ3v) is 4.21. The molecule has 1 aliphatic carbocycles. The molecule has 0 spiro atoms. The minimum atomic E-state index is -0.560. The second kappa shape index (κ2) is 4.46. The molecular weight excluding hydrogens is 250 g/mol. The summed E-state index contributed by atoms with van der Waals surface area (Å²) in [6.45, 7) is 0. The maximum Gasteiger partial charge on any atom is 0.134 e. The predicted octanol–water partition coefficient (Wildman–Crippen LogP) is 3.59. The minimum Gasteiger partial charge on any atom is -0.464 e. The molecule has 0 bridgehead atoms. The van der Waals surface area contributed by atoms with Gasteiger partial charge in [-0.25, -0.2) is 0 Å². The van der Waals surface area contributed by atoms with Gasteiger partial charge >= 0.3 is 0 Å². The predicted molar refractivity (Wildman–Crippen MR) is 76.5 cm³/mol. The van der Waals surface area contributed by atoms with E-state index in [1.165, 1.54) is 5.56 Å². The lowest BCUT2D eigenvalue weighted by molar-refractivity contribution is 0.144. The zero-order valence-electron chi connectivity index (χ0n) is 11.0. The number of aromatic nitrogens is 1. The summed E-state index contributed by atoms with van der Waals surface area (Å²) in [5.74, 6) is 0.0622. The minimum absolute atomic E-state index is 0.0622. The van der Waals surface area contributed by atoms with Gasteiger partial charge in [-0.2, -0.15) is 0 Å². The zero-order chi connectivity index (χ0) is 13.5. The maximum atomic E-state index is 10.8. The molecule has 1 aliphatic rings. The van der Waals surface area contributed by atoms with Crippen LogP contribution in [0.15, 0.2) is 53.3 Å². The van der Waals surface area contributed by atoms with Crippen LogP contribution < -0.4 is 0 Å². The van der Waals surface area contributed by atoms with Crippen LogP contribution in [-0.4, -0.2) is 10.1 Å². The van der Waals surface area contributed by atoms with Gasteiger partial charge in [-0.15, -0.1) is 0 Å². The zero-order valence-corrected chi connectivity index (χ0v) is 11.0. The average Bonchev–Trinajstić information content (AvgIpc) is 3.11. The number of fused-ring (bicyclic) bond motifs is 2. The highest BCUT2D eigenvalue weighted by molar-refractivity contribution is 5.81. The number of aliphatic hydroxyl groups excluding tert-OH is 1. The summed E-state index contributed by atoms with van der Waals surface area (Å²) < 4.78 is 5.54. The molecule has 3 heteroatoms. The van der Waals surface area contributed by atoms with E-state index in [2.05, 4.69) is 11.1 Å². The molecule has 0 radical (unpaired) electrons. The molecule has 4 rings (SSSR count). The molecule has 2 aromatic heterocycles. The first-order chi connectivity index (χ1) is 9.84. The fourth-order valence-electron chi connectivity index (χ4n) is 3.20. The van der Waals surface area contributed by atoms with Gasteiger partial charge in [0.15, 0.2) is 0 Å². The van der Waals surface area contributed by atoms with Crippen LogP contribution in [0.5, 0.6) is 0 Å². The van der Waals surface area contributed by atoms with E-state index in [9.17, 15) is 5.11 Å². The van der Waals surface area contributed by atoms with Crippen molar-refractivity contribution in [2.75, 3.05) is 0 Å². The van der Waals surface area contributed by atoms with Gasteiger partial charge in [0, 0.05) is 28.8 Å². The van der Waals surface area contributed by atoms with Gasteiger partial charge in [-0.3, -0.25) is 4.98 Å². The SMILES string of the molecule is OC(c1coc2ccccc12)C1CCc2cccnc21. The number of benzene rings is 1. The first-order valence-corrected chi connectivity index (χ1v) is 6.92. The number of para-hydroxylation sites is 1. The second-order valence-electron chi connectivity index (χ2n) is 5.32. The Hall–Kier alpha value is -2.13. The Morgan fingerprint density at radius 2 is 2.10 bits per heavy atom. The number of pyridine rings is 1. The number of aliphatic hydroxyl groups is 1. The van der Waals surface area contributed by atoms with Crippen molar-refractivity contribution in [3.05, 3.63) is 65.7 Å². The van der Waals surface area contributed by atoms with E-state index in [1.54, 1.807) is 12.5 Å². The average molecular weight is 265 g/mol. The van der Waals surface area contributed by atoms with Crippen molar-refractivity contribution >= 4 is 11.0 Å². The van der Waals surface area contributed by atoms with E-state index < -0.39 is 6.10 Å². The van der Waals surface area contributed by atoms with Crippen molar-refractivity contribution in [1.82, 2.24) is 4.98 Å². The standard InChI is InChI=1S/C17H15NO2/c19-17(13-8-7-11-4-3-9-18-16(11)13)14-10-20-15-6-2-1-5-12(14)15/h1-6,9-10,13,17,19H,7-8H2. The monoisotopic (exact) mass is 265 g/mol. The number of hydrogen-bond donors (Lipinski definition) is 1. The summed E-state index contributed by atoms with van der Waals surface area (Å²) >= 11 is 0. The topological polar surface area (TPSA) is 46.3 Å². The van der Waals surface area contributed by atoms with Crippen LogP contribution >= 0.6 is 0 Å². The molecule has 0 aliphatic heterocycles. The van der Waals surface area contributed by atoms with Crippen molar-refractivity contribution in [1.29, 1.82) is 0 Å². The van der Waals surface area contributed by atoms with Crippen LogP contribution in [0.25, 0.3) is 11.0 Å². The third-order valence-electron chi connectivity index (χ3n) is 4.21. The normalized spacial score (nSPS) is 19.1. The van der Waals surface area contributed by atoms with E-state index in [4.69, 9.17) is 4.42 Å². The van der Waals surface area contributed by atoms with Crippen LogP contribution in [0.1, 0.15) is 35.3 Å². The Balaban J connectivity index is 1.77. The lowest BCUT2D eigenvalue weighted by Gasteiger charge is -2.17. The lowest BCUT2D eigenvalue weighted by atomic mass is 9.93. The molecule has 0 saturated heterocycles. The summed E-state index contributed by atoms with van der Waals surface area (Å²) in [5, 5.41) is 11.7. The van der Waals surface area contributed by atoms with Gasteiger partial charge in [-0.05, 0) is 30.5 Å². The largest absolute Gasteiger partial charge is 0.464 e. The van der Waals surface area contributed by atoms with Gasteiger partial charge < -0.3 is 9.52 Å². The molecule has 0 amide bonds. The van der Waals surface area contributed by atoms with E-state index >= 15 is 0 Å². The quantitative estimate of drug-likeness (QED) is 0.770. The molecule has 0 fully saturated rings. The first kappa shape index (κ1) is 11.7.